The third-order valence-electron chi connectivity index (χ3n) is 5.13. The molecule has 0 saturated carbocycles. The summed E-state index contributed by atoms with van der Waals surface area (Å²) in [5.41, 5.74) is 3.17. The molecule has 6 heteroatoms. The predicted octanol–water partition coefficient (Wildman–Crippen LogP) is 3.87. The molecule has 144 valence electrons. The number of amides is 1. The molecule has 28 heavy (non-hydrogen) atoms. The third kappa shape index (κ3) is 3.86. The van der Waals surface area contributed by atoms with E-state index in [1.807, 2.05) is 37.3 Å². The molecule has 1 aliphatic rings. The van der Waals surface area contributed by atoms with Gasteiger partial charge < -0.3 is 5.11 Å². The lowest BCUT2D eigenvalue weighted by Crippen LogP contribution is -2.50. The van der Waals surface area contributed by atoms with Crippen LogP contribution in [0.15, 0.2) is 71.3 Å². The molecule has 0 aliphatic heterocycles. The Morgan fingerprint density at radius 2 is 1.86 bits per heavy atom. The summed E-state index contributed by atoms with van der Waals surface area (Å²) in [6.07, 6.45) is 3.72. The molecule has 0 saturated heterocycles. The fourth-order valence-electron chi connectivity index (χ4n) is 3.54. The maximum atomic E-state index is 13.0. The molecule has 0 radical (unpaired) electrons. The van der Waals surface area contributed by atoms with E-state index in [0.29, 0.717) is 12.0 Å². The van der Waals surface area contributed by atoms with Crippen LogP contribution in [0.25, 0.3) is 0 Å². The molecule has 0 spiro atoms. The summed E-state index contributed by atoms with van der Waals surface area (Å²) in [5, 5.41) is 13.9. The van der Waals surface area contributed by atoms with Crippen molar-refractivity contribution in [1.82, 2.24) is 5.43 Å². The van der Waals surface area contributed by atoms with Crippen molar-refractivity contribution in [3.63, 3.8) is 0 Å². The quantitative estimate of drug-likeness (QED) is 0.358. The molecule has 0 heterocycles. The zero-order valence-corrected chi connectivity index (χ0v) is 15.4. The number of hydrogen-bond acceptors (Lipinski definition) is 3. The summed E-state index contributed by atoms with van der Waals surface area (Å²) in [7, 11) is 0. The van der Waals surface area contributed by atoms with Crippen LogP contribution in [-0.4, -0.2) is 23.2 Å². The van der Waals surface area contributed by atoms with Gasteiger partial charge in [0.2, 0.25) is 0 Å². The molecule has 2 N–H and O–H groups in total. The van der Waals surface area contributed by atoms with E-state index in [4.69, 9.17) is 0 Å². The first-order valence-electron chi connectivity index (χ1n) is 8.96. The molecule has 1 amide bonds. The largest absolute Gasteiger partial charge is 0.480 e. The predicted molar refractivity (Wildman–Crippen MR) is 104 cm³/mol. The number of hydrogen-bond donors (Lipinski definition) is 2. The van der Waals surface area contributed by atoms with E-state index in [2.05, 4.69) is 10.5 Å². The van der Waals surface area contributed by atoms with Crippen molar-refractivity contribution in [3.05, 3.63) is 83.2 Å². The van der Waals surface area contributed by atoms with Crippen molar-refractivity contribution >= 4 is 18.1 Å². The van der Waals surface area contributed by atoms with Gasteiger partial charge in [-0.15, -0.1) is 0 Å². The summed E-state index contributed by atoms with van der Waals surface area (Å²) in [5.74, 6) is -2.73. The minimum atomic E-state index is -1.65. The molecule has 2 unspecified atom stereocenters. The molecule has 0 bridgehead atoms. The van der Waals surface area contributed by atoms with Gasteiger partial charge in [0, 0.05) is 5.92 Å². The van der Waals surface area contributed by atoms with E-state index in [-0.39, 0.29) is 12.2 Å². The summed E-state index contributed by atoms with van der Waals surface area (Å²) >= 11 is 0. The number of rotatable bonds is 5. The molecule has 0 fully saturated rings. The Kier molecular flexibility index (Phi) is 5.68. The minimum Gasteiger partial charge on any atom is -0.480 e. The van der Waals surface area contributed by atoms with Gasteiger partial charge in [-0.25, -0.2) is 9.82 Å². The monoisotopic (exact) mass is 380 g/mol. The van der Waals surface area contributed by atoms with Crippen molar-refractivity contribution in [2.45, 2.75) is 25.7 Å². The van der Waals surface area contributed by atoms with Gasteiger partial charge in [-0.2, -0.15) is 5.10 Å². The fourth-order valence-corrected chi connectivity index (χ4v) is 3.54. The molecular formula is C22H21FN2O3. The number of aliphatic carboxylic acids is 1. The Labute approximate surface area is 162 Å². The van der Waals surface area contributed by atoms with Crippen LogP contribution in [0.3, 0.4) is 0 Å². The number of carboxylic acids is 1. The Hall–Kier alpha value is -3.28. The lowest BCUT2D eigenvalue weighted by atomic mass is 9.64. The van der Waals surface area contributed by atoms with Crippen LogP contribution >= 0.6 is 0 Å². The van der Waals surface area contributed by atoms with Crippen LogP contribution in [0.5, 0.6) is 0 Å². The molecule has 1 aliphatic carbocycles. The van der Waals surface area contributed by atoms with E-state index >= 15 is 0 Å². The van der Waals surface area contributed by atoms with Crippen LogP contribution in [-0.2, 0) is 9.59 Å². The first-order chi connectivity index (χ1) is 13.4. The summed E-state index contributed by atoms with van der Waals surface area (Å²) < 4.78 is 13.0. The Morgan fingerprint density at radius 1 is 1.18 bits per heavy atom. The molecule has 2 atom stereocenters. The van der Waals surface area contributed by atoms with Crippen molar-refractivity contribution in [2.75, 3.05) is 0 Å². The molecule has 0 aromatic heterocycles. The normalized spacial score (nSPS) is 21.9. The average molecular weight is 380 g/mol. The highest BCUT2D eigenvalue weighted by Gasteiger charge is 2.53. The van der Waals surface area contributed by atoms with Crippen molar-refractivity contribution < 1.29 is 19.1 Å². The SMILES string of the molecule is CC1=CCC(C(=O)O)(C(=O)NN=Cc2ccc(F)cc2)C(c2ccccc2)C1. The minimum absolute atomic E-state index is 0.0889. The third-order valence-corrected chi connectivity index (χ3v) is 5.13. The number of carbonyl (C=O) groups is 2. The second-order valence-electron chi connectivity index (χ2n) is 6.95. The first kappa shape index (κ1) is 19.5. The number of carbonyl (C=O) groups excluding carboxylic acids is 1. The van der Waals surface area contributed by atoms with Gasteiger partial charge in [-0.1, -0.05) is 54.1 Å². The highest BCUT2D eigenvalue weighted by Crippen LogP contribution is 2.47. The van der Waals surface area contributed by atoms with Gasteiger partial charge in [-0.3, -0.25) is 9.59 Å². The highest BCUT2D eigenvalue weighted by atomic mass is 19.1. The number of nitrogens with one attached hydrogen (secondary N) is 1. The highest BCUT2D eigenvalue weighted by molar-refractivity contribution is 6.03. The molecule has 2 aromatic rings. The van der Waals surface area contributed by atoms with Crippen molar-refractivity contribution in [1.29, 1.82) is 0 Å². The van der Waals surface area contributed by atoms with Crippen LogP contribution in [0.1, 0.15) is 36.8 Å². The number of nitrogens with zero attached hydrogens (tertiary/aromatic N) is 1. The second-order valence-corrected chi connectivity index (χ2v) is 6.95. The van der Waals surface area contributed by atoms with Gasteiger partial charge >= 0.3 is 5.97 Å². The van der Waals surface area contributed by atoms with Gasteiger partial charge in [0.1, 0.15) is 5.82 Å². The second kappa shape index (κ2) is 8.17. The Balaban J connectivity index is 1.89. The van der Waals surface area contributed by atoms with E-state index in [1.165, 1.54) is 30.5 Å². The fraction of sp³-hybridized carbons (Fsp3) is 0.227. The number of allylic oxidation sites excluding steroid dienone is 2. The van der Waals surface area contributed by atoms with E-state index < -0.39 is 23.2 Å². The van der Waals surface area contributed by atoms with Crippen LogP contribution in [0, 0.1) is 11.2 Å². The number of halogens is 1. The summed E-state index contributed by atoms with van der Waals surface area (Å²) in [6.45, 7) is 1.94. The first-order valence-corrected chi connectivity index (χ1v) is 8.96. The zero-order chi connectivity index (χ0) is 20.1. The zero-order valence-electron chi connectivity index (χ0n) is 15.4. The van der Waals surface area contributed by atoms with E-state index in [0.717, 1.165) is 11.1 Å². The standard InChI is InChI=1S/C22H21FN2O3/c1-15-11-12-22(21(27)28,19(13-15)17-5-3-2-4-6-17)20(26)25-24-14-16-7-9-18(23)10-8-16/h2-11,14,19H,12-13H2,1H3,(H,25,26)(H,27,28). The van der Waals surface area contributed by atoms with Crippen molar-refractivity contribution in [3.8, 4) is 0 Å². The smallest absolute Gasteiger partial charge is 0.320 e. The Bertz CT molecular complexity index is 923. The number of hydrazone groups is 1. The van der Waals surface area contributed by atoms with Gasteiger partial charge in [0.15, 0.2) is 5.41 Å². The average Bonchev–Trinajstić information content (AvgIpc) is 2.70. The van der Waals surface area contributed by atoms with Gasteiger partial charge in [-0.05, 0) is 43.0 Å². The number of carboxylic acid groups (broad SMARTS) is 1. The van der Waals surface area contributed by atoms with Crippen LogP contribution in [0.2, 0.25) is 0 Å². The summed E-state index contributed by atoms with van der Waals surface area (Å²) in [4.78, 5) is 25.3. The molecule has 3 rings (SSSR count). The molecule has 2 aromatic carbocycles. The summed E-state index contributed by atoms with van der Waals surface area (Å²) in [6, 6.07) is 14.8. The lowest BCUT2D eigenvalue weighted by Gasteiger charge is -2.38. The van der Waals surface area contributed by atoms with Crippen LogP contribution in [0.4, 0.5) is 4.39 Å². The topological polar surface area (TPSA) is 78.8 Å². The van der Waals surface area contributed by atoms with Crippen LogP contribution < -0.4 is 5.43 Å². The van der Waals surface area contributed by atoms with Gasteiger partial charge in [0.25, 0.3) is 5.91 Å². The van der Waals surface area contributed by atoms with Crippen molar-refractivity contribution in [2.24, 2.45) is 10.5 Å². The van der Waals surface area contributed by atoms with E-state index in [1.54, 1.807) is 6.08 Å². The maximum absolute atomic E-state index is 13.0. The lowest BCUT2D eigenvalue weighted by molar-refractivity contribution is -0.158. The molecular weight excluding hydrogens is 359 g/mol. The maximum Gasteiger partial charge on any atom is 0.320 e. The van der Waals surface area contributed by atoms with E-state index in [9.17, 15) is 19.1 Å². The van der Waals surface area contributed by atoms with Gasteiger partial charge in [0.05, 0.1) is 6.21 Å². The number of benzene rings is 2. The Morgan fingerprint density at radius 3 is 2.50 bits per heavy atom. The molecule has 5 nitrogen and oxygen atoms in total.